The first-order valence-electron chi connectivity index (χ1n) is 15.2. The molecule has 3 aromatic rings. The van der Waals surface area contributed by atoms with Gasteiger partial charge in [0.1, 0.15) is 37.3 Å². The molecule has 3 heterocycles. The van der Waals surface area contributed by atoms with Gasteiger partial charge >= 0.3 is 19.9 Å². The minimum absolute atomic E-state index is 0.0790. The number of hydrogen-bond acceptors (Lipinski definition) is 15. The number of carbonyl (C=O) groups is 2. The lowest BCUT2D eigenvalue weighted by Gasteiger charge is -2.33. The molecule has 18 nitrogen and oxygen atoms in total. The number of halogens is 2. The molecule has 0 aliphatic carbocycles. The second-order valence-corrected chi connectivity index (χ2v) is 14.1. The molecule has 4 rings (SSSR count). The van der Waals surface area contributed by atoms with Crippen LogP contribution < -0.4 is 5.32 Å². The first kappa shape index (κ1) is 39.1. The molecule has 276 valence electrons. The Morgan fingerprint density at radius 3 is 2.14 bits per heavy atom. The van der Waals surface area contributed by atoms with Crippen LogP contribution in [0.25, 0.3) is 11.2 Å². The van der Waals surface area contributed by atoms with Crippen LogP contribution in [0.3, 0.4) is 0 Å². The summed E-state index contributed by atoms with van der Waals surface area (Å²) in [5.74, 6) is -0.207. The van der Waals surface area contributed by atoms with Gasteiger partial charge in [-0.2, -0.15) is 9.97 Å². The Morgan fingerprint density at radius 1 is 1.02 bits per heavy atom. The first-order chi connectivity index (χ1) is 23.4. The maximum atomic E-state index is 13.4. The summed E-state index contributed by atoms with van der Waals surface area (Å²) >= 11 is 6.22. The molecule has 1 aliphatic rings. The third-order valence-corrected chi connectivity index (χ3v) is 8.89. The molecule has 1 aromatic carbocycles. The first-order valence-corrected chi connectivity index (χ1v) is 17.2. The summed E-state index contributed by atoms with van der Waals surface area (Å²) < 4.78 is 58.4. The minimum atomic E-state index is -5.48. The number of hydrogen-bond donors (Lipinski definition) is 5. The van der Waals surface area contributed by atoms with Crippen LogP contribution in [0.5, 0.6) is 0 Å². The average molecular weight is 750 g/mol. The van der Waals surface area contributed by atoms with Crippen molar-refractivity contribution < 1.29 is 67.0 Å². The highest BCUT2D eigenvalue weighted by atomic mass is 35.5. The predicted molar refractivity (Wildman–Crippen MR) is 171 cm³/mol. The molecule has 0 saturated carbocycles. The van der Waals surface area contributed by atoms with Gasteiger partial charge in [0.05, 0.1) is 31.2 Å². The number of aromatic nitrogens is 4. The third-order valence-electron chi connectivity index (χ3n) is 7.27. The molecule has 21 heteroatoms. The molecular formula is C29H38ClFN5O13P. The number of nitrogens with one attached hydrogen (secondary N) is 1. The van der Waals surface area contributed by atoms with E-state index in [0.29, 0.717) is 0 Å². The van der Waals surface area contributed by atoms with Crippen molar-refractivity contribution in [3.8, 4) is 0 Å². The Morgan fingerprint density at radius 2 is 1.60 bits per heavy atom. The number of aliphatic hydroxyl groups excluding tert-OH is 2. The van der Waals surface area contributed by atoms with E-state index in [2.05, 4.69) is 20.3 Å². The van der Waals surface area contributed by atoms with Gasteiger partial charge in [0.2, 0.25) is 10.6 Å². The Balaban J connectivity index is 1.56. The van der Waals surface area contributed by atoms with E-state index in [-0.39, 0.29) is 28.3 Å². The van der Waals surface area contributed by atoms with Gasteiger partial charge in [-0.3, -0.25) is 9.13 Å². The summed E-state index contributed by atoms with van der Waals surface area (Å²) in [5.41, 5.74) is 1.00. The molecule has 1 fully saturated rings. The van der Waals surface area contributed by atoms with Crippen LogP contribution in [-0.2, 0) is 33.0 Å². The number of imidazole rings is 1. The van der Waals surface area contributed by atoms with Gasteiger partial charge in [-0.25, -0.2) is 19.0 Å². The van der Waals surface area contributed by atoms with Crippen LogP contribution in [0.1, 0.15) is 52.5 Å². The smallest absolute Gasteiger partial charge is 0.432 e. The second-order valence-electron chi connectivity index (χ2n) is 11.8. The van der Waals surface area contributed by atoms with Gasteiger partial charge in [0.15, 0.2) is 23.2 Å². The van der Waals surface area contributed by atoms with Crippen molar-refractivity contribution in [3.63, 3.8) is 0 Å². The van der Waals surface area contributed by atoms with Crippen molar-refractivity contribution in [1.29, 1.82) is 0 Å². The van der Waals surface area contributed by atoms with Gasteiger partial charge < -0.3 is 53.7 Å². The Hall–Kier alpha value is -3.68. The maximum Gasteiger partial charge on any atom is 0.508 e. The monoisotopic (exact) mass is 749 g/mol. The average Bonchev–Trinajstić information content (AvgIpc) is 3.55. The molecule has 50 heavy (non-hydrogen) atoms. The Labute approximate surface area is 289 Å². The number of ether oxygens (including phenoxy) is 6. The lowest BCUT2D eigenvalue weighted by Crippen LogP contribution is -2.47. The highest BCUT2D eigenvalue weighted by Crippen LogP contribution is 2.52. The van der Waals surface area contributed by atoms with Gasteiger partial charge in [-0.15, -0.1) is 0 Å². The fourth-order valence-corrected chi connectivity index (χ4v) is 5.60. The molecule has 0 spiro atoms. The number of benzene rings is 1. The number of nitrogens with zero attached hydrogens (tertiary/aromatic N) is 4. The van der Waals surface area contributed by atoms with E-state index >= 15 is 0 Å². The van der Waals surface area contributed by atoms with Gasteiger partial charge in [0.25, 0.3) is 0 Å². The molecule has 5 atom stereocenters. The number of fused-ring (bicyclic) bond motifs is 1. The third kappa shape index (κ3) is 9.35. The van der Waals surface area contributed by atoms with Crippen LogP contribution in [0.15, 0.2) is 30.6 Å². The summed E-state index contributed by atoms with van der Waals surface area (Å²) in [6.07, 6.45) is -8.85. The number of anilines is 1. The molecule has 0 radical (unpaired) electrons. The fraction of sp³-hybridized carbons (Fsp3) is 0.552. The summed E-state index contributed by atoms with van der Waals surface area (Å²) in [4.78, 5) is 57.6. The van der Waals surface area contributed by atoms with Gasteiger partial charge in [0, 0.05) is 0 Å². The largest absolute Gasteiger partial charge is 0.508 e. The van der Waals surface area contributed by atoms with Crippen LogP contribution in [0, 0.1) is 5.82 Å². The predicted octanol–water partition coefficient (Wildman–Crippen LogP) is 3.42. The minimum Gasteiger partial charge on any atom is -0.432 e. The Bertz CT molecular complexity index is 1670. The Kier molecular flexibility index (Phi) is 12.6. The van der Waals surface area contributed by atoms with E-state index < -0.39 is 87.6 Å². The van der Waals surface area contributed by atoms with E-state index in [1.807, 2.05) is 0 Å². The summed E-state index contributed by atoms with van der Waals surface area (Å²) in [6, 6.07) is 5.41. The fourth-order valence-electron chi connectivity index (χ4n) is 4.72. The van der Waals surface area contributed by atoms with Crippen LogP contribution >= 0.6 is 19.2 Å². The van der Waals surface area contributed by atoms with E-state index in [9.17, 15) is 38.5 Å². The summed E-state index contributed by atoms with van der Waals surface area (Å²) in [6.45, 7) is 4.68. The van der Waals surface area contributed by atoms with Crippen LogP contribution in [-0.4, -0.2) is 108 Å². The summed E-state index contributed by atoms with van der Waals surface area (Å²) in [7, 11) is -5.48. The standard InChI is InChI=1S/C29H38ClFN5O13P/c1-14(2)47-27(39)44-11-29(50(41,42)43,12-45-28(40)48-15(3)4)46-10-19-21(37)22(38)25(49-19)36-13-32-20-23(34-26(30)35-24(20)36)33-16(5)17-6-8-18(31)9-7-17/h6-9,13-16,19,21-22,25,37-38H,10-12H2,1-5H3,(H,33,34,35)(H2,41,42,43)/t16-,19-,21-,22-,25-/m1/s1. The molecule has 0 amide bonds. The van der Waals surface area contributed by atoms with E-state index in [0.717, 1.165) is 5.56 Å². The number of aliphatic hydroxyl groups is 2. The van der Waals surface area contributed by atoms with Crippen molar-refractivity contribution in [2.75, 3.05) is 25.1 Å². The normalized spacial score (nSPS) is 20.3. The van der Waals surface area contributed by atoms with Gasteiger partial charge in [-0.05, 0) is 63.9 Å². The van der Waals surface area contributed by atoms with Crippen LogP contribution in [0.2, 0.25) is 5.28 Å². The zero-order valence-corrected chi connectivity index (χ0v) is 29.2. The van der Waals surface area contributed by atoms with E-state index in [4.69, 9.17) is 40.0 Å². The van der Waals surface area contributed by atoms with E-state index in [1.165, 1.54) is 50.7 Å². The molecule has 1 saturated heterocycles. The second kappa shape index (κ2) is 16.1. The van der Waals surface area contributed by atoms with Gasteiger partial charge in [-0.1, -0.05) is 12.1 Å². The topological polar surface area (TPSA) is 243 Å². The molecule has 0 unspecified atom stereocenters. The van der Waals surface area contributed by atoms with E-state index in [1.54, 1.807) is 19.1 Å². The van der Waals surface area contributed by atoms with Crippen LogP contribution in [0.4, 0.5) is 19.8 Å². The van der Waals surface area contributed by atoms with Crippen molar-refractivity contribution in [2.24, 2.45) is 0 Å². The quantitative estimate of drug-likeness (QED) is 0.0900. The lowest BCUT2D eigenvalue weighted by atomic mass is 10.1. The molecule has 2 aromatic heterocycles. The molecular weight excluding hydrogens is 712 g/mol. The number of rotatable bonds is 14. The highest BCUT2D eigenvalue weighted by Gasteiger charge is 2.54. The zero-order chi connectivity index (χ0) is 37.0. The maximum absolute atomic E-state index is 13.4. The van der Waals surface area contributed by atoms with Crippen molar-refractivity contribution in [3.05, 3.63) is 47.3 Å². The highest BCUT2D eigenvalue weighted by molar-refractivity contribution is 7.53. The molecule has 5 N–H and O–H groups in total. The zero-order valence-electron chi connectivity index (χ0n) is 27.5. The lowest BCUT2D eigenvalue weighted by molar-refractivity contribution is -0.129. The van der Waals surface area contributed by atoms with Crippen molar-refractivity contribution in [1.82, 2.24) is 19.5 Å². The van der Waals surface area contributed by atoms with Crippen molar-refractivity contribution in [2.45, 2.75) is 82.8 Å². The molecule has 1 aliphatic heterocycles. The number of carbonyl (C=O) groups excluding carboxylic acids is 2. The summed E-state index contributed by atoms with van der Waals surface area (Å²) in [5, 5.41) is 22.0. The molecule has 0 bridgehead atoms. The SMILES string of the molecule is CC(C)OC(=O)OCC(COC(=O)OC(C)C)(OC[C@H]1O[C@@H](n2cnc3c(N[C@H](C)c4ccc(F)cc4)nc(Cl)nc32)[C@H](O)[C@@H]1O)P(=O)(O)O. The van der Waals surface area contributed by atoms with Crippen molar-refractivity contribution >= 4 is 48.5 Å².